The summed E-state index contributed by atoms with van der Waals surface area (Å²) in [5.74, 6) is 0.402. The van der Waals surface area contributed by atoms with Gasteiger partial charge in [0.15, 0.2) is 0 Å². The van der Waals surface area contributed by atoms with Gasteiger partial charge in [-0.15, -0.1) is 11.6 Å². The summed E-state index contributed by atoms with van der Waals surface area (Å²) >= 11 is 5.73. The Balaban J connectivity index is 2.58. The predicted molar refractivity (Wildman–Crippen MR) is 74.6 cm³/mol. The molecule has 0 atom stereocenters. The second kappa shape index (κ2) is 7.68. The van der Waals surface area contributed by atoms with E-state index < -0.39 is 10.0 Å². The molecule has 1 aliphatic rings. The summed E-state index contributed by atoms with van der Waals surface area (Å²) in [6.45, 7) is 4.47. The first-order chi connectivity index (χ1) is 8.47. The third-order valence-corrected chi connectivity index (χ3v) is 5.23. The van der Waals surface area contributed by atoms with Crippen molar-refractivity contribution in [2.75, 3.05) is 24.8 Å². The van der Waals surface area contributed by atoms with Crippen molar-refractivity contribution in [1.29, 1.82) is 0 Å². The molecule has 0 spiro atoms. The lowest BCUT2D eigenvalue weighted by Gasteiger charge is -2.27. The molecule has 0 unspecified atom stereocenters. The van der Waals surface area contributed by atoms with Crippen LogP contribution in [-0.4, -0.2) is 49.7 Å². The summed E-state index contributed by atoms with van der Waals surface area (Å²) in [4.78, 5) is 0. The average Bonchev–Trinajstić information content (AvgIpc) is 2.77. The highest BCUT2D eigenvalue weighted by Crippen LogP contribution is 2.25. The smallest absolute Gasteiger partial charge is 0.216 e. The zero-order valence-electron chi connectivity index (χ0n) is 11.3. The number of halogens is 1. The molecular weight excluding hydrogens is 274 g/mol. The third kappa shape index (κ3) is 5.03. The lowest BCUT2D eigenvalue weighted by Crippen LogP contribution is -2.42. The SMILES string of the molecule is CC(C)OCCS(=O)(=O)N(CCCl)C1CCCC1. The minimum Gasteiger partial charge on any atom is -0.378 e. The van der Waals surface area contributed by atoms with Crippen molar-refractivity contribution in [1.82, 2.24) is 4.31 Å². The first-order valence-corrected chi connectivity index (χ1v) is 8.79. The Bertz CT molecular complexity index is 326. The minimum atomic E-state index is -3.24. The lowest BCUT2D eigenvalue weighted by atomic mass is 10.2. The quantitative estimate of drug-likeness (QED) is 0.646. The Morgan fingerprint density at radius 2 is 1.94 bits per heavy atom. The van der Waals surface area contributed by atoms with Gasteiger partial charge in [0.25, 0.3) is 0 Å². The molecule has 6 heteroatoms. The molecule has 0 saturated heterocycles. The van der Waals surface area contributed by atoms with Gasteiger partial charge in [-0.25, -0.2) is 8.42 Å². The summed E-state index contributed by atoms with van der Waals surface area (Å²) in [5.41, 5.74) is 0. The van der Waals surface area contributed by atoms with Crippen molar-refractivity contribution in [2.24, 2.45) is 0 Å². The molecule has 4 nitrogen and oxygen atoms in total. The highest BCUT2D eigenvalue weighted by atomic mass is 35.5. The topological polar surface area (TPSA) is 46.6 Å². The highest BCUT2D eigenvalue weighted by molar-refractivity contribution is 7.89. The molecule has 0 aromatic carbocycles. The highest BCUT2D eigenvalue weighted by Gasteiger charge is 2.31. The van der Waals surface area contributed by atoms with Gasteiger partial charge in [-0.2, -0.15) is 4.31 Å². The maximum absolute atomic E-state index is 12.3. The van der Waals surface area contributed by atoms with E-state index in [1.807, 2.05) is 13.8 Å². The number of hydrogen-bond acceptors (Lipinski definition) is 3. The third-order valence-electron chi connectivity index (χ3n) is 3.19. The molecule has 0 N–H and O–H groups in total. The Labute approximate surface area is 116 Å². The molecule has 0 aliphatic heterocycles. The Morgan fingerprint density at radius 1 is 1.33 bits per heavy atom. The standard InChI is InChI=1S/C12H24ClNO3S/c1-11(2)17-9-10-18(15,16)14(8-7-13)12-5-3-4-6-12/h11-12H,3-10H2,1-2H3. The van der Waals surface area contributed by atoms with Crippen molar-refractivity contribution >= 4 is 21.6 Å². The number of ether oxygens (including phenoxy) is 1. The van der Waals surface area contributed by atoms with Crippen molar-refractivity contribution < 1.29 is 13.2 Å². The van der Waals surface area contributed by atoms with Crippen molar-refractivity contribution in [3.05, 3.63) is 0 Å². The van der Waals surface area contributed by atoms with Gasteiger partial charge in [-0.05, 0) is 26.7 Å². The fourth-order valence-electron chi connectivity index (χ4n) is 2.33. The largest absolute Gasteiger partial charge is 0.378 e. The van der Waals surface area contributed by atoms with Crippen LogP contribution in [0, 0.1) is 0 Å². The molecule has 0 aromatic heterocycles. The van der Waals surface area contributed by atoms with Crippen LogP contribution in [0.15, 0.2) is 0 Å². The van der Waals surface area contributed by atoms with Crippen LogP contribution in [-0.2, 0) is 14.8 Å². The summed E-state index contributed by atoms with van der Waals surface area (Å²) in [6.07, 6.45) is 4.21. The summed E-state index contributed by atoms with van der Waals surface area (Å²) in [6, 6.07) is 0.146. The van der Waals surface area contributed by atoms with Gasteiger partial charge in [0.2, 0.25) is 10.0 Å². The zero-order chi connectivity index (χ0) is 13.6. The zero-order valence-corrected chi connectivity index (χ0v) is 12.8. The van der Waals surface area contributed by atoms with E-state index in [1.165, 1.54) is 0 Å². The molecule has 0 radical (unpaired) electrons. The first-order valence-electron chi connectivity index (χ1n) is 6.64. The van der Waals surface area contributed by atoms with Crippen LogP contribution in [0.3, 0.4) is 0 Å². The van der Waals surface area contributed by atoms with E-state index >= 15 is 0 Å². The molecule has 0 amide bonds. The Hall–Kier alpha value is 0.160. The van der Waals surface area contributed by atoms with Crippen molar-refractivity contribution in [2.45, 2.75) is 51.7 Å². The summed E-state index contributed by atoms with van der Waals surface area (Å²) in [7, 11) is -3.24. The molecule has 108 valence electrons. The second-order valence-corrected chi connectivity index (χ2v) is 7.39. The van der Waals surface area contributed by atoms with Gasteiger partial charge in [-0.1, -0.05) is 12.8 Å². The van der Waals surface area contributed by atoms with Gasteiger partial charge in [0.05, 0.1) is 18.5 Å². The number of sulfonamides is 1. The lowest BCUT2D eigenvalue weighted by molar-refractivity contribution is 0.0905. The molecule has 1 aliphatic carbocycles. The van der Waals surface area contributed by atoms with Gasteiger partial charge in [-0.3, -0.25) is 0 Å². The van der Waals surface area contributed by atoms with E-state index in [9.17, 15) is 8.42 Å². The maximum atomic E-state index is 12.3. The number of rotatable bonds is 8. The van der Waals surface area contributed by atoms with Crippen LogP contribution >= 0.6 is 11.6 Å². The number of hydrogen-bond donors (Lipinski definition) is 0. The van der Waals surface area contributed by atoms with Crippen molar-refractivity contribution in [3.63, 3.8) is 0 Å². The normalized spacial score (nSPS) is 18.1. The van der Waals surface area contributed by atoms with Crippen molar-refractivity contribution in [3.8, 4) is 0 Å². The molecule has 1 saturated carbocycles. The Kier molecular flexibility index (Phi) is 6.92. The molecule has 1 fully saturated rings. The van der Waals surface area contributed by atoms with Crippen LogP contribution in [0.1, 0.15) is 39.5 Å². The van der Waals surface area contributed by atoms with Crippen LogP contribution in [0.25, 0.3) is 0 Å². The molecule has 18 heavy (non-hydrogen) atoms. The van der Waals surface area contributed by atoms with Gasteiger partial charge in [0.1, 0.15) is 0 Å². The number of alkyl halides is 1. The van der Waals surface area contributed by atoms with E-state index in [0.29, 0.717) is 12.4 Å². The molecule has 0 heterocycles. The van der Waals surface area contributed by atoms with E-state index in [0.717, 1.165) is 25.7 Å². The molecule has 1 rings (SSSR count). The first kappa shape index (κ1) is 16.2. The van der Waals surface area contributed by atoms with Crippen LogP contribution in [0.5, 0.6) is 0 Å². The van der Waals surface area contributed by atoms with Crippen LogP contribution in [0.2, 0.25) is 0 Å². The number of nitrogens with zero attached hydrogens (tertiary/aromatic N) is 1. The van der Waals surface area contributed by atoms with E-state index in [2.05, 4.69) is 0 Å². The fraction of sp³-hybridized carbons (Fsp3) is 1.00. The van der Waals surface area contributed by atoms with Crippen LogP contribution < -0.4 is 0 Å². The monoisotopic (exact) mass is 297 g/mol. The fourth-order valence-corrected chi connectivity index (χ4v) is 4.19. The Morgan fingerprint density at radius 3 is 2.44 bits per heavy atom. The summed E-state index contributed by atoms with van der Waals surface area (Å²) in [5, 5.41) is 0. The van der Waals surface area contributed by atoms with Gasteiger partial charge >= 0.3 is 0 Å². The predicted octanol–water partition coefficient (Wildman–Crippen LogP) is 2.22. The second-order valence-electron chi connectivity index (χ2n) is 4.97. The molecule has 0 bridgehead atoms. The average molecular weight is 298 g/mol. The summed E-state index contributed by atoms with van der Waals surface area (Å²) < 4.78 is 31.5. The van der Waals surface area contributed by atoms with Gasteiger partial charge in [0, 0.05) is 18.5 Å². The van der Waals surface area contributed by atoms with E-state index in [4.69, 9.17) is 16.3 Å². The maximum Gasteiger partial charge on any atom is 0.216 e. The van der Waals surface area contributed by atoms with E-state index in [1.54, 1.807) is 4.31 Å². The minimum absolute atomic E-state index is 0.0541. The van der Waals surface area contributed by atoms with Crippen LogP contribution in [0.4, 0.5) is 0 Å². The van der Waals surface area contributed by atoms with E-state index in [-0.39, 0.29) is 24.5 Å². The molecular formula is C12H24ClNO3S. The molecule has 0 aromatic rings. The van der Waals surface area contributed by atoms with Gasteiger partial charge < -0.3 is 4.74 Å².